The Balaban J connectivity index is 0.00000144. The lowest BCUT2D eigenvalue weighted by molar-refractivity contribution is -0.122. The summed E-state index contributed by atoms with van der Waals surface area (Å²) in [5, 5.41) is 6.60. The van der Waals surface area contributed by atoms with Gasteiger partial charge < -0.3 is 10.6 Å². The largest absolute Gasteiger partial charge is 0.353 e. The fourth-order valence-corrected chi connectivity index (χ4v) is 3.56. The standard InChI is InChI=1S/C12H22N2OS.ClH/c15-12(4-3-10-2-1-7-13-10)14-11-5-8-16-9-6-11;/h10-11,13H,1-9H2,(H,14,15);1H. The molecule has 2 aliphatic rings. The van der Waals surface area contributed by atoms with Gasteiger partial charge in [0, 0.05) is 18.5 Å². The Labute approximate surface area is 114 Å². The van der Waals surface area contributed by atoms with Gasteiger partial charge in [-0.1, -0.05) is 0 Å². The van der Waals surface area contributed by atoms with Crippen molar-refractivity contribution < 1.29 is 4.79 Å². The van der Waals surface area contributed by atoms with Gasteiger partial charge >= 0.3 is 0 Å². The molecular weight excluding hydrogens is 256 g/mol. The molecule has 1 atom stereocenters. The Kier molecular flexibility index (Phi) is 7.32. The summed E-state index contributed by atoms with van der Waals surface area (Å²) in [4.78, 5) is 11.7. The normalized spacial score (nSPS) is 25.3. The number of rotatable bonds is 4. The summed E-state index contributed by atoms with van der Waals surface area (Å²) in [6.07, 6.45) is 6.52. The van der Waals surface area contributed by atoms with Gasteiger partial charge in [-0.15, -0.1) is 12.4 Å². The monoisotopic (exact) mass is 278 g/mol. The number of hydrogen-bond acceptors (Lipinski definition) is 3. The Morgan fingerprint density at radius 2 is 2.06 bits per heavy atom. The van der Waals surface area contributed by atoms with Crippen LogP contribution >= 0.6 is 24.2 Å². The molecule has 1 unspecified atom stereocenters. The summed E-state index contributed by atoms with van der Waals surface area (Å²) in [6.45, 7) is 1.13. The number of amides is 1. The van der Waals surface area contributed by atoms with E-state index in [9.17, 15) is 4.79 Å². The number of carbonyl (C=O) groups is 1. The van der Waals surface area contributed by atoms with Crippen molar-refractivity contribution in [2.45, 2.75) is 50.6 Å². The molecule has 2 saturated heterocycles. The average Bonchev–Trinajstić information content (AvgIpc) is 2.81. The van der Waals surface area contributed by atoms with Crippen molar-refractivity contribution in [3.05, 3.63) is 0 Å². The van der Waals surface area contributed by atoms with Crippen LogP contribution in [-0.4, -0.2) is 36.0 Å². The molecule has 2 aliphatic heterocycles. The van der Waals surface area contributed by atoms with E-state index in [1.54, 1.807) is 0 Å². The first-order chi connectivity index (χ1) is 7.84. The van der Waals surface area contributed by atoms with Gasteiger partial charge in [0.15, 0.2) is 0 Å². The van der Waals surface area contributed by atoms with E-state index in [1.165, 1.54) is 24.3 Å². The number of thioether (sulfide) groups is 1. The number of hydrogen-bond donors (Lipinski definition) is 2. The van der Waals surface area contributed by atoms with Crippen LogP contribution in [0.3, 0.4) is 0 Å². The molecule has 0 aliphatic carbocycles. The molecule has 1 amide bonds. The number of halogens is 1. The molecule has 2 rings (SSSR count). The van der Waals surface area contributed by atoms with E-state index in [4.69, 9.17) is 0 Å². The van der Waals surface area contributed by atoms with Crippen molar-refractivity contribution in [3.63, 3.8) is 0 Å². The van der Waals surface area contributed by atoms with Crippen molar-refractivity contribution in [2.75, 3.05) is 18.1 Å². The van der Waals surface area contributed by atoms with Crippen molar-refractivity contribution in [1.82, 2.24) is 10.6 Å². The van der Waals surface area contributed by atoms with Crippen LogP contribution in [-0.2, 0) is 4.79 Å². The SMILES string of the molecule is Cl.O=C(CCC1CCCN1)NC1CCSCC1. The second kappa shape index (κ2) is 8.22. The maximum Gasteiger partial charge on any atom is 0.220 e. The number of carbonyl (C=O) groups excluding carboxylic acids is 1. The summed E-state index contributed by atoms with van der Waals surface area (Å²) in [5.41, 5.74) is 0. The molecular formula is C12H23ClN2OS. The van der Waals surface area contributed by atoms with E-state index >= 15 is 0 Å². The van der Waals surface area contributed by atoms with E-state index in [1.807, 2.05) is 11.8 Å². The maximum atomic E-state index is 11.7. The van der Waals surface area contributed by atoms with Crippen molar-refractivity contribution in [3.8, 4) is 0 Å². The fourth-order valence-electron chi connectivity index (χ4n) is 2.45. The second-order valence-corrected chi connectivity index (χ2v) is 6.01. The van der Waals surface area contributed by atoms with Crippen molar-refractivity contribution >= 4 is 30.1 Å². The van der Waals surface area contributed by atoms with E-state index in [2.05, 4.69) is 10.6 Å². The van der Waals surface area contributed by atoms with Crippen LogP contribution in [0.15, 0.2) is 0 Å². The predicted molar refractivity (Wildman–Crippen MR) is 76.0 cm³/mol. The smallest absolute Gasteiger partial charge is 0.220 e. The molecule has 17 heavy (non-hydrogen) atoms. The van der Waals surface area contributed by atoms with Crippen LogP contribution < -0.4 is 10.6 Å². The molecule has 0 aromatic rings. The second-order valence-electron chi connectivity index (χ2n) is 4.79. The minimum atomic E-state index is 0. The third-order valence-electron chi connectivity index (χ3n) is 3.47. The Morgan fingerprint density at radius 1 is 1.29 bits per heavy atom. The molecule has 0 aromatic heterocycles. The van der Waals surface area contributed by atoms with Gasteiger partial charge in [0.05, 0.1) is 0 Å². The molecule has 0 saturated carbocycles. The van der Waals surface area contributed by atoms with Crippen molar-refractivity contribution in [1.29, 1.82) is 0 Å². The Hall–Kier alpha value is 0.0700. The van der Waals surface area contributed by atoms with Crippen molar-refractivity contribution in [2.24, 2.45) is 0 Å². The maximum absolute atomic E-state index is 11.7. The highest BCUT2D eigenvalue weighted by molar-refractivity contribution is 7.99. The molecule has 100 valence electrons. The van der Waals surface area contributed by atoms with Gasteiger partial charge in [0.2, 0.25) is 5.91 Å². The topological polar surface area (TPSA) is 41.1 Å². The lowest BCUT2D eigenvalue weighted by atomic mass is 10.1. The van der Waals surface area contributed by atoms with Gasteiger partial charge in [-0.3, -0.25) is 4.79 Å². The summed E-state index contributed by atoms with van der Waals surface area (Å²) in [6, 6.07) is 1.04. The third kappa shape index (κ3) is 5.49. The lowest BCUT2D eigenvalue weighted by Crippen LogP contribution is -2.37. The Bertz CT molecular complexity index is 229. The minimum absolute atomic E-state index is 0. The first-order valence-electron chi connectivity index (χ1n) is 6.45. The minimum Gasteiger partial charge on any atom is -0.353 e. The van der Waals surface area contributed by atoms with E-state index in [0.717, 1.165) is 25.8 Å². The highest BCUT2D eigenvalue weighted by Crippen LogP contribution is 2.17. The molecule has 0 radical (unpaired) electrons. The zero-order chi connectivity index (χ0) is 11.2. The summed E-state index contributed by atoms with van der Waals surface area (Å²) >= 11 is 2.00. The lowest BCUT2D eigenvalue weighted by Gasteiger charge is -2.22. The molecule has 0 bridgehead atoms. The van der Waals surface area contributed by atoms with Crippen LogP contribution in [0, 0.1) is 0 Å². The average molecular weight is 279 g/mol. The fraction of sp³-hybridized carbons (Fsp3) is 0.917. The zero-order valence-corrected chi connectivity index (χ0v) is 11.9. The molecule has 2 N–H and O–H groups in total. The molecule has 0 aromatic carbocycles. The first kappa shape index (κ1) is 15.1. The molecule has 2 fully saturated rings. The summed E-state index contributed by atoms with van der Waals surface area (Å²) in [7, 11) is 0. The quantitative estimate of drug-likeness (QED) is 0.826. The molecule has 3 nitrogen and oxygen atoms in total. The predicted octanol–water partition coefficient (Wildman–Crippen LogP) is 1.95. The van der Waals surface area contributed by atoms with Gasteiger partial charge in [-0.05, 0) is 50.2 Å². The van der Waals surface area contributed by atoms with Crippen LogP contribution in [0.25, 0.3) is 0 Å². The molecule has 0 spiro atoms. The van der Waals surface area contributed by atoms with Crippen LogP contribution in [0.2, 0.25) is 0 Å². The van der Waals surface area contributed by atoms with Crippen LogP contribution in [0.5, 0.6) is 0 Å². The number of nitrogens with one attached hydrogen (secondary N) is 2. The highest BCUT2D eigenvalue weighted by Gasteiger charge is 2.18. The van der Waals surface area contributed by atoms with E-state index < -0.39 is 0 Å². The summed E-state index contributed by atoms with van der Waals surface area (Å²) < 4.78 is 0. The van der Waals surface area contributed by atoms with Gasteiger partial charge in [0.25, 0.3) is 0 Å². The van der Waals surface area contributed by atoms with E-state index in [0.29, 0.717) is 18.5 Å². The highest BCUT2D eigenvalue weighted by atomic mass is 35.5. The molecule has 5 heteroatoms. The first-order valence-corrected chi connectivity index (χ1v) is 7.60. The van der Waals surface area contributed by atoms with Crippen LogP contribution in [0.4, 0.5) is 0 Å². The van der Waals surface area contributed by atoms with Crippen LogP contribution in [0.1, 0.15) is 38.5 Å². The summed E-state index contributed by atoms with van der Waals surface area (Å²) in [5.74, 6) is 2.66. The van der Waals surface area contributed by atoms with E-state index in [-0.39, 0.29) is 18.3 Å². The van der Waals surface area contributed by atoms with Gasteiger partial charge in [-0.25, -0.2) is 0 Å². The van der Waals surface area contributed by atoms with Gasteiger partial charge in [-0.2, -0.15) is 11.8 Å². The zero-order valence-electron chi connectivity index (χ0n) is 10.2. The molecule has 2 heterocycles. The Morgan fingerprint density at radius 3 is 2.71 bits per heavy atom. The third-order valence-corrected chi connectivity index (χ3v) is 4.52. The van der Waals surface area contributed by atoms with Gasteiger partial charge in [0.1, 0.15) is 0 Å².